The standard InChI is InChI=1S/C19H31N5O2S.HI/c1-2-26-19(25)24-11-7-15(8-12-24)22-18(20)21-14-16(17-6-5-13-27-17)23-9-3-4-10-23;/h5-6,13,15-16H,2-4,7-12,14H2,1H3,(H3,20,21,22);1H. The van der Waals surface area contributed by atoms with E-state index in [1.165, 1.54) is 17.7 Å². The summed E-state index contributed by atoms with van der Waals surface area (Å²) >= 11 is 1.79. The number of carbonyl (C=O) groups excluding carboxylic acids is 1. The number of ether oxygens (including phenoxy) is 1. The van der Waals surface area contributed by atoms with Crippen molar-refractivity contribution in [2.24, 2.45) is 10.7 Å². The number of amides is 1. The van der Waals surface area contributed by atoms with Crippen LogP contribution in [0, 0.1) is 0 Å². The Morgan fingerprint density at radius 2 is 2.07 bits per heavy atom. The fraction of sp³-hybridized carbons (Fsp3) is 0.684. The molecule has 0 saturated carbocycles. The van der Waals surface area contributed by atoms with E-state index in [0.29, 0.717) is 38.2 Å². The van der Waals surface area contributed by atoms with Crippen molar-refractivity contribution < 1.29 is 9.53 Å². The molecule has 1 atom stereocenters. The number of nitrogens with two attached hydrogens (primary N) is 1. The summed E-state index contributed by atoms with van der Waals surface area (Å²) in [5.41, 5.74) is 6.17. The van der Waals surface area contributed by atoms with E-state index in [-0.39, 0.29) is 36.1 Å². The SMILES string of the molecule is CCOC(=O)N1CCC(NC(N)=NCC(c2cccs2)N2CCCC2)CC1.I. The van der Waals surface area contributed by atoms with Crippen LogP contribution in [0.15, 0.2) is 22.5 Å². The van der Waals surface area contributed by atoms with Crippen molar-refractivity contribution >= 4 is 47.4 Å². The van der Waals surface area contributed by atoms with E-state index in [1.54, 1.807) is 16.2 Å². The van der Waals surface area contributed by atoms with Crippen LogP contribution in [-0.2, 0) is 4.74 Å². The molecule has 0 aliphatic carbocycles. The Labute approximate surface area is 188 Å². The van der Waals surface area contributed by atoms with Crippen LogP contribution in [0.2, 0.25) is 0 Å². The van der Waals surface area contributed by atoms with Gasteiger partial charge in [-0.1, -0.05) is 6.07 Å². The van der Waals surface area contributed by atoms with Crippen molar-refractivity contribution in [1.82, 2.24) is 15.1 Å². The van der Waals surface area contributed by atoms with Crippen molar-refractivity contribution in [1.29, 1.82) is 0 Å². The number of nitrogens with one attached hydrogen (secondary N) is 1. The van der Waals surface area contributed by atoms with Gasteiger partial charge in [-0.15, -0.1) is 35.3 Å². The summed E-state index contributed by atoms with van der Waals surface area (Å²) in [4.78, 5) is 22.1. The van der Waals surface area contributed by atoms with Gasteiger partial charge in [0.2, 0.25) is 0 Å². The molecule has 1 aromatic heterocycles. The van der Waals surface area contributed by atoms with Gasteiger partial charge in [0.05, 0.1) is 19.2 Å². The van der Waals surface area contributed by atoms with Gasteiger partial charge < -0.3 is 20.7 Å². The first kappa shape index (κ1) is 23.2. The van der Waals surface area contributed by atoms with Crippen molar-refractivity contribution in [3.8, 4) is 0 Å². The van der Waals surface area contributed by atoms with Crippen molar-refractivity contribution in [3.63, 3.8) is 0 Å². The second kappa shape index (κ2) is 11.8. The number of hydrogen-bond acceptors (Lipinski definition) is 5. The Morgan fingerprint density at radius 1 is 1.36 bits per heavy atom. The third-order valence-electron chi connectivity index (χ3n) is 5.26. The molecule has 2 aliphatic rings. The van der Waals surface area contributed by atoms with Gasteiger partial charge in [-0.2, -0.15) is 0 Å². The molecular formula is C19H32IN5O2S. The Hall–Kier alpha value is -1.07. The van der Waals surface area contributed by atoms with E-state index in [2.05, 4.69) is 32.7 Å². The largest absolute Gasteiger partial charge is 0.450 e. The van der Waals surface area contributed by atoms with Crippen LogP contribution in [0.3, 0.4) is 0 Å². The molecule has 28 heavy (non-hydrogen) atoms. The van der Waals surface area contributed by atoms with E-state index in [1.807, 2.05) is 6.92 Å². The van der Waals surface area contributed by atoms with E-state index in [9.17, 15) is 4.79 Å². The van der Waals surface area contributed by atoms with Gasteiger partial charge >= 0.3 is 6.09 Å². The lowest BCUT2D eigenvalue weighted by Gasteiger charge is -2.32. The third kappa shape index (κ3) is 6.48. The molecule has 3 N–H and O–H groups in total. The Kier molecular flexibility index (Phi) is 9.80. The summed E-state index contributed by atoms with van der Waals surface area (Å²) in [6.45, 7) is 6.58. The average molecular weight is 521 g/mol. The van der Waals surface area contributed by atoms with Crippen LogP contribution in [0.1, 0.15) is 43.5 Å². The molecule has 0 aromatic carbocycles. The maximum atomic E-state index is 11.8. The Morgan fingerprint density at radius 3 is 2.68 bits per heavy atom. The summed E-state index contributed by atoms with van der Waals surface area (Å²) in [6.07, 6.45) is 4.02. The minimum Gasteiger partial charge on any atom is -0.450 e. The third-order valence-corrected chi connectivity index (χ3v) is 6.23. The van der Waals surface area contributed by atoms with Gasteiger partial charge in [0.25, 0.3) is 0 Å². The topological polar surface area (TPSA) is 83.2 Å². The number of guanidine groups is 1. The number of halogens is 1. The summed E-state index contributed by atoms with van der Waals surface area (Å²) < 4.78 is 5.06. The molecule has 0 bridgehead atoms. The smallest absolute Gasteiger partial charge is 0.409 e. The Balaban J connectivity index is 0.00000280. The van der Waals surface area contributed by atoms with Crippen LogP contribution < -0.4 is 11.1 Å². The lowest BCUT2D eigenvalue weighted by molar-refractivity contribution is 0.0963. The first-order valence-electron chi connectivity index (χ1n) is 9.93. The van der Waals surface area contributed by atoms with Crippen LogP contribution in [-0.4, -0.2) is 67.2 Å². The number of likely N-dealkylation sites (tertiary alicyclic amines) is 2. The highest BCUT2D eigenvalue weighted by Gasteiger charge is 2.25. The summed E-state index contributed by atoms with van der Waals surface area (Å²) in [7, 11) is 0. The van der Waals surface area contributed by atoms with Crippen molar-refractivity contribution in [3.05, 3.63) is 22.4 Å². The van der Waals surface area contributed by atoms with E-state index >= 15 is 0 Å². The average Bonchev–Trinajstić information content (AvgIpc) is 3.37. The highest BCUT2D eigenvalue weighted by atomic mass is 127. The molecule has 1 aromatic rings. The van der Waals surface area contributed by atoms with Crippen LogP contribution in [0.5, 0.6) is 0 Å². The first-order chi connectivity index (χ1) is 13.2. The summed E-state index contributed by atoms with van der Waals surface area (Å²) in [6, 6.07) is 4.87. The molecule has 0 spiro atoms. The zero-order chi connectivity index (χ0) is 19.1. The predicted octanol–water partition coefficient (Wildman–Crippen LogP) is 3.03. The van der Waals surface area contributed by atoms with Gasteiger partial charge in [-0.3, -0.25) is 9.89 Å². The molecule has 9 heteroatoms. The number of carbonyl (C=O) groups is 1. The fourth-order valence-electron chi connectivity index (χ4n) is 3.78. The molecule has 3 rings (SSSR count). The van der Waals surface area contributed by atoms with E-state index in [0.717, 1.165) is 25.9 Å². The normalized spacial score (nSPS) is 19.9. The molecule has 158 valence electrons. The monoisotopic (exact) mass is 521 g/mol. The van der Waals surface area contributed by atoms with Crippen LogP contribution >= 0.6 is 35.3 Å². The number of piperidine rings is 1. The zero-order valence-corrected chi connectivity index (χ0v) is 19.7. The summed E-state index contributed by atoms with van der Waals surface area (Å²) in [5.74, 6) is 0.505. The van der Waals surface area contributed by atoms with Gasteiger partial charge in [0, 0.05) is 24.0 Å². The molecule has 1 unspecified atom stereocenters. The van der Waals surface area contributed by atoms with Crippen molar-refractivity contribution in [2.75, 3.05) is 39.3 Å². The van der Waals surface area contributed by atoms with E-state index in [4.69, 9.17) is 10.5 Å². The molecular weight excluding hydrogens is 489 g/mol. The van der Waals surface area contributed by atoms with Gasteiger partial charge in [-0.25, -0.2) is 4.79 Å². The maximum absolute atomic E-state index is 11.8. The minimum absolute atomic E-state index is 0. The highest BCUT2D eigenvalue weighted by molar-refractivity contribution is 14.0. The molecule has 3 heterocycles. The Bertz CT molecular complexity index is 614. The van der Waals surface area contributed by atoms with Crippen LogP contribution in [0.25, 0.3) is 0 Å². The number of rotatable bonds is 6. The molecule has 2 fully saturated rings. The van der Waals surface area contributed by atoms with Crippen LogP contribution in [0.4, 0.5) is 4.79 Å². The second-order valence-corrected chi connectivity index (χ2v) is 8.08. The first-order valence-corrected chi connectivity index (χ1v) is 10.8. The lowest BCUT2D eigenvalue weighted by Crippen LogP contribution is -2.48. The van der Waals surface area contributed by atoms with Gasteiger partial charge in [0.15, 0.2) is 5.96 Å². The predicted molar refractivity (Wildman–Crippen MR) is 125 cm³/mol. The molecule has 7 nitrogen and oxygen atoms in total. The molecule has 0 radical (unpaired) electrons. The second-order valence-electron chi connectivity index (χ2n) is 7.10. The lowest BCUT2D eigenvalue weighted by atomic mass is 10.1. The van der Waals surface area contributed by atoms with Gasteiger partial charge in [-0.05, 0) is 57.1 Å². The highest BCUT2D eigenvalue weighted by Crippen LogP contribution is 2.28. The number of thiophene rings is 1. The van der Waals surface area contributed by atoms with E-state index < -0.39 is 0 Å². The number of aliphatic imine (C=N–C) groups is 1. The zero-order valence-electron chi connectivity index (χ0n) is 16.5. The number of hydrogen-bond donors (Lipinski definition) is 2. The van der Waals surface area contributed by atoms with Gasteiger partial charge in [0.1, 0.15) is 0 Å². The molecule has 1 amide bonds. The number of nitrogens with zero attached hydrogens (tertiary/aromatic N) is 3. The summed E-state index contributed by atoms with van der Waals surface area (Å²) in [5, 5.41) is 5.46. The molecule has 2 aliphatic heterocycles. The quantitative estimate of drug-likeness (QED) is 0.342. The fourth-order valence-corrected chi connectivity index (χ4v) is 4.63. The van der Waals surface area contributed by atoms with Crippen molar-refractivity contribution in [2.45, 2.75) is 44.7 Å². The maximum Gasteiger partial charge on any atom is 0.409 e. The minimum atomic E-state index is -0.220. The molecule has 2 saturated heterocycles.